The van der Waals surface area contributed by atoms with E-state index in [1.807, 2.05) is 18.5 Å². The maximum atomic E-state index is 5.38. The van der Waals surface area contributed by atoms with Crippen molar-refractivity contribution < 1.29 is 0 Å². The zero-order valence-corrected chi connectivity index (χ0v) is 9.46. The summed E-state index contributed by atoms with van der Waals surface area (Å²) in [5.74, 6) is 2.72. The van der Waals surface area contributed by atoms with Crippen molar-refractivity contribution >= 4 is 0 Å². The van der Waals surface area contributed by atoms with Crippen LogP contribution in [0.1, 0.15) is 36.9 Å². The third-order valence-corrected chi connectivity index (χ3v) is 2.40. The summed E-state index contributed by atoms with van der Waals surface area (Å²) >= 11 is 0. The van der Waals surface area contributed by atoms with E-state index in [2.05, 4.69) is 30.1 Å². The lowest BCUT2D eigenvalue weighted by Gasteiger charge is -2.18. The van der Waals surface area contributed by atoms with Crippen LogP contribution in [0.25, 0.3) is 0 Å². The summed E-state index contributed by atoms with van der Waals surface area (Å²) in [5, 5.41) is 3.46. The van der Waals surface area contributed by atoms with Crippen LogP contribution < -0.4 is 5.32 Å². The van der Waals surface area contributed by atoms with Gasteiger partial charge < -0.3 is 5.32 Å². The fourth-order valence-electron chi connectivity index (χ4n) is 1.60. The lowest BCUT2D eigenvalue weighted by atomic mass is 10.0. The van der Waals surface area contributed by atoms with E-state index >= 15 is 0 Å². The first-order chi connectivity index (χ1) is 7.29. The molecule has 1 aromatic heterocycles. The molecular formula is C13H18N2. The van der Waals surface area contributed by atoms with Gasteiger partial charge in [0.2, 0.25) is 0 Å². The molecule has 1 rings (SSSR count). The first-order valence-electron chi connectivity index (χ1n) is 5.37. The van der Waals surface area contributed by atoms with Crippen LogP contribution in [0.3, 0.4) is 0 Å². The minimum Gasteiger partial charge on any atom is -0.309 e. The molecule has 0 radical (unpaired) electrons. The summed E-state index contributed by atoms with van der Waals surface area (Å²) in [7, 11) is 0. The molecule has 0 aliphatic rings. The minimum atomic E-state index is 0.262. The molecule has 0 saturated carbocycles. The highest BCUT2D eigenvalue weighted by atomic mass is 14.9. The number of terminal acetylenes is 1. The van der Waals surface area contributed by atoms with Crippen LogP contribution in [0, 0.1) is 19.3 Å². The molecule has 0 aliphatic heterocycles. The highest BCUT2D eigenvalue weighted by Crippen LogP contribution is 2.19. The third-order valence-electron chi connectivity index (χ3n) is 2.40. The molecule has 2 nitrogen and oxygen atoms in total. The average molecular weight is 202 g/mol. The number of hydrogen-bond donors (Lipinski definition) is 1. The van der Waals surface area contributed by atoms with Gasteiger partial charge in [-0.25, -0.2) is 0 Å². The number of aryl methyl sites for hydroxylation is 1. The molecule has 80 valence electrons. The van der Waals surface area contributed by atoms with Crippen molar-refractivity contribution in [3.05, 3.63) is 29.6 Å². The van der Waals surface area contributed by atoms with E-state index in [1.165, 1.54) is 11.1 Å². The number of hydrogen-bond acceptors (Lipinski definition) is 2. The summed E-state index contributed by atoms with van der Waals surface area (Å²) < 4.78 is 0. The van der Waals surface area contributed by atoms with Gasteiger partial charge in [-0.2, -0.15) is 0 Å². The van der Waals surface area contributed by atoms with Crippen LogP contribution in [-0.2, 0) is 0 Å². The summed E-state index contributed by atoms with van der Waals surface area (Å²) in [6, 6.07) is 2.30. The fraction of sp³-hybridized carbons (Fsp3) is 0.462. The number of nitrogens with zero attached hydrogens (tertiary/aromatic N) is 1. The second kappa shape index (κ2) is 6.21. The lowest BCUT2D eigenvalue weighted by molar-refractivity contribution is 0.540. The highest BCUT2D eigenvalue weighted by Gasteiger charge is 2.10. The molecule has 0 aliphatic carbocycles. The molecule has 1 N–H and O–H groups in total. The molecule has 2 heteroatoms. The van der Waals surface area contributed by atoms with Gasteiger partial charge in [-0.15, -0.1) is 12.3 Å². The zero-order chi connectivity index (χ0) is 11.1. The maximum Gasteiger partial charge on any atom is 0.0434 e. The van der Waals surface area contributed by atoms with Crippen LogP contribution >= 0.6 is 0 Å². The van der Waals surface area contributed by atoms with E-state index < -0.39 is 0 Å². The van der Waals surface area contributed by atoms with Gasteiger partial charge in [0.15, 0.2) is 0 Å². The molecule has 1 atom stereocenters. The predicted molar refractivity (Wildman–Crippen MR) is 63.5 cm³/mol. The number of rotatable bonds is 5. The first kappa shape index (κ1) is 11.7. The summed E-state index contributed by atoms with van der Waals surface area (Å²) in [4.78, 5) is 4.09. The Morgan fingerprint density at radius 1 is 1.60 bits per heavy atom. The molecule has 1 heterocycles. The smallest absolute Gasteiger partial charge is 0.0434 e. The van der Waals surface area contributed by atoms with Crippen molar-refractivity contribution in [3.8, 4) is 12.3 Å². The topological polar surface area (TPSA) is 24.9 Å². The molecule has 0 fully saturated rings. The molecule has 0 bridgehead atoms. The van der Waals surface area contributed by atoms with Gasteiger partial charge in [-0.3, -0.25) is 4.98 Å². The van der Waals surface area contributed by atoms with Gasteiger partial charge in [-0.05, 0) is 37.1 Å². The van der Waals surface area contributed by atoms with Crippen molar-refractivity contribution in [2.24, 2.45) is 0 Å². The normalized spacial score (nSPS) is 12.1. The summed E-state index contributed by atoms with van der Waals surface area (Å²) in [6.07, 6.45) is 10.9. The Kier molecular flexibility index (Phi) is 4.86. The van der Waals surface area contributed by atoms with Crippen molar-refractivity contribution in [2.45, 2.75) is 32.7 Å². The molecule has 1 unspecified atom stereocenters. The van der Waals surface area contributed by atoms with Gasteiger partial charge in [0.25, 0.3) is 0 Å². The van der Waals surface area contributed by atoms with Crippen LogP contribution in [0.4, 0.5) is 0 Å². The van der Waals surface area contributed by atoms with E-state index in [0.717, 1.165) is 19.4 Å². The second-order valence-corrected chi connectivity index (χ2v) is 3.65. The maximum absolute atomic E-state index is 5.38. The van der Waals surface area contributed by atoms with Crippen molar-refractivity contribution in [1.82, 2.24) is 10.3 Å². The van der Waals surface area contributed by atoms with Crippen LogP contribution in [0.2, 0.25) is 0 Å². The molecule has 0 spiro atoms. The van der Waals surface area contributed by atoms with Crippen LogP contribution in [0.5, 0.6) is 0 Å². The Bertz CT molecular complexity index is 339. The number of pyridine rings is 1. The minimum absolute atomic E-state index is 0.262. The van der Waals surface area contributed by atoms with Gasteiger partial charge in [0.05, 0.1) is 0 Å². The SMILES string of the molecule is C#CCC(NCCC)c1ccncc1C. The van der Waals surface area contributed by atoms with Crippen LogP contribution in [-0.4, -0.2) is 11.5 Å². The van der Waals surface area contributed by atoms with E-state index in [9.17, 15) is 0 Å². The highest BCUT2D eigenvalue weighted by molar-refractivity contribution is 5.26. The average Bonchev–Trinajstić information content (AvgIpc) is 2.25. The first-order valence-corrected chi connectivity index (χ1v) is 5.37. The molecular weight excluding hydrogens is 184 g/mol. The van der Waals surface area contributed by atoms with E-state index in [4.69, 9.17) is 6.42 Å². The monoisotopic (exact) mass is 202 g/mol. The van der Waals surface area contributed by atoms with E-state index in [1.54, 1.807) is 0 Å². The number of aromatic nitrogens is 1. The molecule has 1 aromatic rings. The molecule has 0 amide bonds. The quantitative estimate of drug-likeness (QED) is 0.742. The second-order valence-electron chi connectivity index (χ2n) is 3.65. The Morgan fingerprint density at radius 3 is 3.00 bits per heavy atom. The summed E-state index contributed by atoms with van der Waals surface area (Å²) in [6.45, 7) is 5.22. The standard InChI is InChI=1S/C13H18N2/c1-4-6-13(15-8-5-2)12-7-9-14-10-11(12)3/h1,7,9-10,13,15H,5-6,8H2,2-3H3. The Morgan fingerprint density at radius 2 is 2.40 bits per heavy atom. The largest absolute Gasteiger partial charge is 0.309 e. The Balaban J connectivity index is 2.79. The molecule has 0 aromatic carbocycles. The molecule has 0 saturated heterocycles. The molecule has 15 heavy (non-hydrogen) atoms. The Labute approximate surface area is 92.1 Å². The summed E-state index contributed by atoms with van der Waals surface area (Å²) in [5.41, 5.74) is 2.46. The third kappa shape index (κ3) is 3.38. The van der Waals surface area contributed by atoms with E-state index in [0.29, 0.717) is 0 Å². The van der Waals surface area contributed by atoms with E-state index in [-0.39, 0.29) is 6.04 Å². The fourth-order valence-corrected chi connectivity index (χ4v) is 1.60. The van der Waals surface area contributed by atoms with Crippen LogP contribution in [0.15, 0.2) is 18.5 Å². The van der Waals surface area contributed by atoms with Gasteiger partial charge in [0, 0.05) is 24.9 Å². The predicted octanol–water partition coefficient (Wildman–Crippen LogP) is 2.45. The lowest BCUT2D eigenvalue weighted by Crippen LogP contribution is -2.22. The Hall–Kier alpha value is -1.33. The van der Waals surface area contributed by atoms with Crippen molar-refractivity contribution in [2.75, 3.05) is 6.54 Å². The van der Waals surface area contributed by atoms with Gasteiger partial charge in [-0.1, -0.05) is 6.92 Å². The zero-order valence-electron chi connectivity index (χ0n) is 9.46. The van der Waals surface area contributed by atoms with Gasteiger partial charge in [0.1, 0.15) is 0 Å². The van der Waals surface area contributed by atoms with Gasteiger partial charge >= 0.3 is 0 Å². The van der Waals surface area contributed by atoms with Crippen molar-refractivity contribution in [1.29, 1.82) is 0 Å². The number of nitrogens with one attached hydrogen (secondary N) is 1. The van der Waals surface area contributed by atoms with Crippen molar-refractivity contribution in [3.63, 3.8) is 0 Å².